The number of esters is 1. The van der Waals surface area contributed by atoms with Crippen LogP contribution in [0.1, 0.15) is 16.7 Å². The summed E-state index contributed by atoms with van der Waals surface area (Å²) in [5, 5.41) is 2.93. The molecule has 1 N–H and O–H groups in total. The number of hydrogen-bond acceptors (Lipinski definition) is 4. The van der Waals surface area contributed by atoms with E-state index in [9.17, 15) is 9.59 Å². The van der Waals surface area contributed by atoms with Crippen LogP contribution in [-0.4, -0.2) is 25.0 Å². The Morgan fingerprint density at radius 2 is 1.83 bits per heavy atom. The van der Waals surface area contributed by atoms with E-state index < -0.39 is 0 Å². The first kappa shape index (κ1) is 16.1. The van der Waals surface area contributed by atoms with E-state index in [-0.39, 0.29) is 25.0 Å². The Hall–Kier alpha value is -2.82. The number of amides is 1. The molecule has 0 saturated carbocycles. The normalized spacial score (nSPS) is 13.3. The van der Waals surface area contributed by atoms with Gasteiger partial charge in [0.1, 0.15) is 6.54 Å². The second kappa shape index (κ2) is 6.35. The van der Waals surface area contributed by atoms with Crippen LogP contribution in [0.15, 0.2) is 36.4 Å². The molecule has 1 aliphatic rings. The van der Waals surface area contributed by atoms with Gasteiger partial charge in [0.15, 0.2) is 5.75 Å². The summed E-state index contributed by atoms with van der Waals surface area (Å²) < 4.78 is 5.24. The highest BCUT2D eigenvalue weighted by molar-refractivity contribution is 5.97. The van der Waals surface area contributed by atoms with Crippen molar-refractivity contribution >= 4 is 23.3 Å². The summed E-state index contributed by atoms with van der Waals surface area (Å²) >= 11 is 0. The standard InChI is InChI=1S/C19H20N2O3/c1-12-4-6-14(3)15(8-12)20-18(22)10-21-11-19(23)24-17-7-5-13(2)9-16(17)21/h4-9H,10-11H2,1-3H3,(H,20,22). The number of fused-ring (bicyclic) bond motifs is 1. The van der Waals surface area contributed by atoms with Crippen molar-refractivity contribution in [3.8, 4) is 5.75 Å². The lowest BCUT2D eigenvalue weighted by Crippen LogP contribution is -2.41. The Balaban J connectivity index is 1.78. The predicted octanol–water partition coefficient (Wildman–Crippen LogP) is 2.98. The topological polar surface area (TPSA) is 58.6 Å². The van der Waals surface area contributed by atoms with Gasteiger partial charge in [-0.05, 0) is 55.7 Å². The van der Waals surface area contributed by atoms with Crippen LogP contribution in [0.3, 0.4) is 0 Å². The Bertz CT molecular complexity index is 814. The lowest BCUT2D eigenvalue weighted by molar-refractivity contribution is -0.133. The van der Waals surface area contributed by atoms with Gasteiger partial charge in [-0.2, -0.15) is 0 Å². The zero-order chi connectivity index (χ0) is 17.3. The highest BCUT2D eigenvalue weighted by Gasteiger charge is 2.25. The maximum atomic E-state index is 12.4. The quantitative estimate of drug-likeness (QED) is 0.696. The maximum absolute atomic E-state index is 12.4. The highest BCUT2D eigenvalue weighted by Crippen LogP contribution is 2.32. The number of rotatable bonds is 3. The molecule has 0 saturated heterocycles. The van der Waals surface area contributed by atoms with Crippen molar-refractivity contribution in [2.45, 2.75) is 20.8 Å². The van der Waals surface area contributed by atoms with E-state index in [2.05, 4.69) is 5.32 Å². The summed E-state index contributed by atoms with van der Waals surface area (Å²) in [5.74, 6) is -0.0202. The Morgan fingerprint density at radius 1 is 1.12 bits per heavy atom. The smallest absolute Gasteiger partial charge is 0.331 e. The second-order valence-electron chi connectivity index (χ2n) is 6.17. The van der Waals surface area contributed by atoms with Crippen molar-refractivity contribution in [1.82, 2.24) is 0 Å². The van der Waals surface area contributed by atoms with Crippen LogP contribution in [0.2, 0.25) is 0 Å². The maximum Gasteiger partial charge on any atom is 0.331 e. The Morgan fingerprint density at radius 3 is 2.62 bits per heavy atom. The van der Waals surface area contributed by atoms with E-state index in [1.807, 2.05) is 51.1 Å². The minimum absolute atomic E-state index is 0.0661. The Labute approximate surface area is 141 Å². The first-order valence-electron chi connectivity index (χ1n) is 7.86. The fourth-order valence-corrected chi connectivity index (χ4v) is 2.73. The van der Waals surface area contributed by atoms with Crippen molar-refractivity contribution < 1.29 is 14.3 Å². The monoisotopic (exact) mass is 324 g/mol. The number of aryl methyl sites for hydroxylation is 3. The Kier molecular flexibility index (Phi) is 4.25. The number of carbonyl (C=O) groups excluding carboxylic acids is 2. The lowest BCUT2D eigenvalue weighted by atomic mass is 10.1. The largest absolute Gasteiger partial charge is 0.423 e. The molecule has 5 heteroatoms. The van der Waals surface area contributed by atoms with Crippen LogP contribution in [-0.2, 0) is 9.59 Å². The third-order valence-electron chi connectivity index (χ3n) is 4.00. The molecule has 124 valence electrons. The van der Waals surface area contributed by atoms with Gasteiger partial charge in [-0.3, -0.25) is 4.79 Å². The third-order valence-corrected chi connectivity index (χ3v) is 4.00. The van der Waals surface area contributed by atoms with E-state index in [1.165, 1.54) is 0 Å². The second-order valence-corrected chi connectivity index (χ2v) is 6.17. The fourth-order valence-electron chi connectivity index (χ4n) is 2.73. The molecule has 0 spiro atoms. The molecule has 0 bridgehead atoms. The molecule has 0 unspecified atom stereocenters. The highest BCUT2D eigenvalue weighted by atomic mass is 16.5. The van der Waals surface area contributed by atoms with Crippen molar-refractivity contribution in [2.24, 2.45) is 0 Å². The van der Waals surface area contributed by atoms with Crippen LogP contribution in [0.5, 0.6) is 5.75 Å². The summed E-state index contributed by atoms with van der Waals surface area (Å²) in [6.07, 6.45) is 0. The molecular weight excluding hydrogens is 304 g/mol. The molecule has 0 atom stereocenters. The minimum Gasteiger partial charge on any atom is -0.423 e. The average molecular weight is 324 g/mol. The van der Waals surface area contributed by atoms with Gasteiger partial charge in [-0.1, -0.05) is 18.2 Å². The summed E-state index contributed by atoms with van der Waals surface area (Å²) in [7, 11) is 0. The zero-order valence-corrected chi connectivity index (χ0v) is 14.1. The number of benzene rings is 2. The fraction of sp³-hybridized carbons (Fsp3) is 0.263. The summed E-state index contributed by atoms with van der Waals surface area (Å²) in [6.45, 7) is 6.06. The SMILES string of the molecule is Cc1ccc(C)c(NC(=O)CN2CC(=O)Oc3ccc(C)cc32)c1. The van der Waals surface area contributed by atoms with Gasteiger partial charge in [0.05, 0.1) is 12.2 Å². The zero-order valence-electron chi connectivity index (χ0n) is 14.1. The van der Waals surface area contributed by atoms with Gasteiger partial charge in [0, 0.05) is 5.69 Å². The summed E-state index contributed by atoms with van der Waals surface area (Å²) in [4.78, 5) is 25.9. The first-order valence-corrected chi connectivity index (χ1v) is 7.86. The number of anilines is 2. The molecule has 0 aliphatic carbocycles. The van der Waals surface area contributed by atoms with Crippen LogP contribution in [0.4, 0.5) is 11.4 Å². The van der Waals surface area contributed by atoms with Gasteiger partial charge >= 0.3 is 5.97 Å². The van der Waals surface area contributed by atoms with Crippen molar-refractivity contribution in [2.75, 3.05) is 23.3 Å². The van der Waals surface area contributed by atoms with Crippen molar-refractivity contribution in [3.63, 3.8) is 0 Å². The van der Waals surface area contributed by atoms with E-state index >= 15 is 0 Å². The first-order chi connectivity index (χ1) is 11.4. The van der Waals surface area contributed by atoms with E-state index in [1.54, 1.807) is 11.0 Å². The molecule has 1 heterocycles. The van der Waals surface area contributed by atoms with Gasteiger partial charge in [0.25, 0.3) is 0 Å². The molecule has 0 radical (unpaired) electrons. The molecule has 1 aliphatic heterocycles. The van der Waals surface area contributed by atoms with Crippen LogP contribution in [0.25, 0.3) is 0 Å². The molecule has 1 amide bonds. The molecule has 5 nitrogen and oxygen atoms in total. The van der Waals surface area contributed by atoms with Gasteiger partial charge < -0.3 is 15.0 Å². The van der Waals surface area contributed by atoms with Crippen LogP contribution in [0, 0.1) is 20.8 Å². The molecule has 0 fully saturated rings. The predicted molar refractivity (Wildman–Crippen MR) is 93.6 cm³/mol. The molecule has 2 aromatic carbocycles. The molecular formula is C19H20N2O3. The molecule has 2 aromatic rings. The molecule has 24 heavy (non-hydrogen) atoms. The number of ether oxygens (including phenoxy) is 1. The van der Waals surface area contributed by atoms with Gasteiger partial charge in [-0.15, -0.1) is 0 Å². The minimum atomic E-state index is -0.356. The summed E-state index contributed by atoms with van der Waals surface area (Å²) in [6, 6.07) is 11.5. The number of hydrogen-bond donors (Lipinski definition) is 1. The molecule has 3 rings (SSSR count). The third kappa shape index (κ3) is 3.40. The lowest BCUT2D eigenvalue weighted by Gasteiger charge is -2.29. The van der Waals surface area contributed by atoms with Crippen molar-refractivity contribution in [1.29, 1.82) is 0 Å². The van der Waals surface area contributed by atoms with Gasteiger partial charge in [0.2, 0.25) is 5.91 Å². The number of nitrogens with zero attached hydrogens (tertiary/aromatic N) is 1. The summed E-state index contributed by atoms with van der Waals surface area (Å²) in [5.41, 5.74) is 4.70. The van der Waals surface area contributed by atoms with Crippen LogP contribution < -0.4 is 15.0 Å². The molecule has 0 aromatic heterocycles. The van der Waals surface area contributed by atoms with E-state index in [4.69, 9.17) is 4.74 Å². The van der Waals surface area contributed by atoms with E-state index in [0.717, 1.165) is 28.1 Å². The van der Waals surface area contributed by atoms with Crippen molar-refractivity contribution in [3.05, 3.63) is 53.1 Å². The number of carbonyl (C=O) groups is 2. The van der Waals surface area contributed by atoms with Gasteiger partial charge in [-0.25, -0.2) is 4.79 Å². The van der Waals surface area contributed by atoms with E-state index in [0.29, 0.717) is 5.75 Å². The van der Waals surface area contributed by atoms with Crippen LogP contribution >= 0.6 is 0 Å². The average Bonchev–Trinajstić information content (AvgIpc) is 2.51. The number of nitrogens with one attached hydrogen (secondary N) is 1.